The molecule has 0 bridgehead atoms. The third-order valence-corrected chi connectivity index (χ3v) is 8.33. The number of anilines is 1. The van der Waals surface area contributed by atoms with Gasteiger partial charge in [0.1, 0.15) is 24.5 Å². The molecule has 220 valence electrons. The number of nitrogens with one attached hydrogen (secondary N) is 4. The summed E-state index contributed by atoms with van der Waals surface area (Å²) in [5.41, 5.74) is 2.93. The van der Waals surface area contributed by atoms with Crippen LogP contribution in [0.25, 0.3) is 0 Å². The number of carbonyl (C=O) groups excluding carboxylic acids is 4. The number of aromatic nitrogens is 2. The summed E-state index contributed by atoms with van der Waals surface area (Å²) in [4.78, 5) is 50.9. The van der Waals surface area contributed by atoms with E-state index in [-0.39, 0.29) is 29.8 Å². The first-order chi connectivity index (χ1) is 19.7. The standard InChI is InChI=1S/C30H39FN6O4/c1-16(2)37-25(12-13-32-37)29(40)36-27(26(18-4-5-18)19-6-7-19)30(41)34-21-9-10-22-20(14-21)8-11-23(22)35-28(39)24(15-31)33-17(3)38/h9-10,12-14,16,18-19,23-24,26-27H,4-8,11,15H2,1-3H3,(H,33,38)(H,34,41)(H,35,39)(H,36,40)/t23-,24-,27+/m1/s1. The molecule has 0 spiro atoms. The van der Waals surface area contributed by atoms with Crippen LogP contribution in [-0.4, -0.2) is 52.2 Å². The van der Waals surface area contributed by atoms with Crippen LogP contribution in [0, 0.1) is 17.8 Å². The summed E-state index contributed by atoms with van der Waals surface area (Å²) in [6.07, 6.45) is 7.19. The molecule has 1 aromatic carbocycles. The number of fused-ring (bicyclic) bond motifs is 1. The highest BCUT2D eigenvalue weighted by molar-refractivity contribution is 6.01. The summed E-state index contributed by atoms with van der Waals surface area (Å²) in [6, 6.07) is 5.03. The largest absolute Gasteiger partial charge is 0.347 e. The van der Waals surface area contributed by atoms with Crippen LogP contribution in [0.15, 0.2) is 30.5 Å². The van der Waals surface area contributed by atoms with E-state index >= 15 is 0 Å². The Hall–Kier alpha value is -3.76. The number of carbonyl (C=O) groups is 4. The summed E-state index contributed by atoms with van der Waals surface area (Å²) in [5.74, 6) is -0.618. The van der Waals surface area contributed by atoms with E-state index in [1.54, 1.807) is 23.0 Å². The second-order valence-corrected chi connectivity index (χ2v) is 11.9. The average Bonchev–Trinajstić information content (AvgIpc) is 3.86. The number of hydrogen-bond donors (Lipinski definition) is 4. The van der Waals surface area contributed by atoms with E-state index in [2.05, 4.69) is 26.4 Å². The van der Waals surface area contributed by atoms with Gasteiger partial charge in [-0.3, -0.25) is 23.9 Å². The minimum absolute atomic E-state index is 0.00830. The van der Waals surface area contributed by atoms with Crippen LogP contribution in [0.4, 0.5) is 10.1 Å². The Labute approximate surface area is 239 Å². The van der Waals surface area contributed by atoms with Gasteiger partial charge >= 0.3 is 0 Å². The normalized spacial score (nSPS) is 19.4. The average molecular weight is 567 g/mol. The molecule has 3 atom stereocenters. The number of alkyl halides is 1. The van der Waals surface area contributed by atoms with Crippen molar-refractivity contribution in [2.75, 3.05) is 12.0 Å². The molecule has 2 fully saturated rings. The van der Waals surface area contributed by atoms with Gasteiger partial charge < -0.3 is 21.3 Å². The molecule has 1 aromatic heterocycles. The molecule has 11 heteroatoms. The number of amides is 4. The van der Waals surface area contributed by atoms with Crippen LogP contribution in [0.1, 0.15) is 86.6 Å². The minimum Gasteiger partial charge on any atom is -0.347 e. The highest BCUT2D eigenvalue weighted by atomic mass is 19.1. The first-order valence-electron chi connectivity index (χ1n) is 14.6. The number of hydrogen-bond acceptors (Lipinski definition) is 5. The summed E-state index contributed by atoms with van der Waals surface area (Å²) < 4.78 is 15.0. The van der Waals surface area contributed by atoms with E-state index in [1.807, 2.05) is 26.0 Å². The van der Waals surface area contributed by atoms with Crippen LogP contribution in [-0.2, 0) is 20.8 Å². The number of benzene rings is 1. The predicted molar refractivity (Wildman–Crippen MR) is 151 cm³/mol. The Kier molecular flexibility index (Phi) is 8.42. The Bertz CT molecular complexity index is 1310. The van der Waals surface area contributed by atoms with Gasteiger partial charge in [-0.1, -0.05) is 6.07 Å². The van der Waals surface area contributed by atoms with Crippen LogP contribution in [0.2, 0.25) is 0 Å². The lowest BCUT2D eigenvalue weighted by molar-refractivity contribution is -0.129. The first-order valence-corrected chi connectivity index (χ1v) is 14.6. The van der Waals surface area contributed by atoms with Gasteiger partial charge in [0, 0.05) is 24.8 Å². The van der Waals surface area contributed by atoms with Crippen molar-refractivity contribution in [2.24, 2.45) is 17.8 Å². The molecule has 0 saturated heterocycles. The molecule has 2 saturated carbocycles. The van der Waals surface area contributed by atoms with Crippen molar-refractivity contribution in [2.45, 2.75) is 83.5 Å². The van der Waals surface area contributed by atoms with Gasteiger partial charge in [-0.2, -0.15) is 5.10 Å². The Morgan fingerprint density at radius 3 is 2.32 bits per heavy atom. The molecular weight excluding hydrogens is 527 g/mol. The van der Waals surface area contributed by atoms with Crippen LogP contribution >= 0.6 is 0 Å². The molecule has 2 aromatic rings. The summed E-state index contributed by atoms with van der Waals surface area (Å²) >= 11 is 0. The molecule has 10 nitrogen and oxygen atoms in total. The van der Waals surface area contributed by atoms with Gasteiger partial charge in [-0.25, -0.2) is 4.39 Å². The van der Waals surface area contributed by atoms with Crippen LogP contribution < -0.4 is 21.3 Å². The Balaban J connectivity index is 1.30. The van der Waals surface area contributed by atoms with Crippen LogP contribution in [0.3, 0.4) is 0 Å². The van der Waals surface area contributed by atoms with Crippen molar-refractivity contribution in [1.82, 2.24) is 25.7 Å². The maximum atomic E-state index is 13.8. The zero-order valence-electron chi connectivity index (χ0n) is 23.8. The molecule has 3 aliphatic rings. The fourth-order valence-corrected chi connectivity index (χ4v) is 6.11. The van der Waals surface area contributed by atoms with Gasteiger partial charge in [-0.15, -0.1) is 0 Å². The van der Waals surface area contributed by atoms with Crippen LogP contribution in [0.5, 0.6) is 0 Å². The Morgan fingerprint density at radius 2 is 1.71 bits per heavy atom. The maximum absolute atomic E-state index is 13.8. The van der Waals surface area contributed by atoms with E-state index in [9.17, 15) is 23.6 Å². The second-order valence-electron chi connectivity index (χ2n) is 11.9. The Morgan fingerprint density at radius 1 is 1.00 bits per heavy atom. The zero-order valence-corrected chi connectivity index (χ0v) is 23.8. The molecule has 4 amide bonds. The van der Waals surface area contributed by atoms with Gasteiger partial charge in [-0.05, 0) is 99.5 Å². The lowest BCUT2D eigenvalue weighted by atomic mass is 9.88. The van der Waals surface area contributed by atoms with Crippen molar-refractivity contribution >= 4 is 29.3 Å². The predicted octanol–water partition coefficient (Wildman–Crippen LogP) is 3.22. The highest BCUT2D eigenvalue weighted by Gasteiger charge is 2.48. The maximum Gasteiger partial charge on any atom is 0.270 e. The van der Waals surface area contributed by atoms with Gasteiger partial charge in [0.25, 0.3) is 5.91 Å². The zero-order chi connectivity index (χ0) is 29.3. The van der Waals surface area contributed by atoms with E-state index in [1.165, 1.54) is 6.92 Å². The molecule has 5 rings (SSSR count). The summed E-state index contributed by atoms with van der Waals surface area (Å²) in [6.45, 7) is 4.16. The number of rotatable bonds is 12. The monoisotopic (exact) mass is 566 g/mol. The summed E-state index contributed by atoms with van der Waals surface area (Å²) in [5, 5.41) is 15.6. The van der Waals surface area contributed by atoms with Crippen molar-refractivity contribution in [1.29, 1.82) is 0 Å². The number of halogens is 1. The van der Waals surface area contributed by atoms with E-state index in [0.717, 1.165) is 36.8 Å². The highest BCUT2D eigenvalue weighted by Crippen LogP contribution is 2.51. The number of nitrogens with zero attached hydrogens (tertiary/aromatic N) is 2. The van der Waals surface area contributed by atoms with E-state index in [0.29, 0.717) is 36.1 Å². The summed E-state index contributed by atoms with van der Waals surface area (Å²) in [7, 11) is 0. The van der Waals surface area contributed by atoms with E-state index < -0.39 is 30.6 Å². The first kappa shape index (κ1) is 28.8. The molecule has 0 aliphatic heterocycles. The van der Waals surface area contributed by atoms with Gasteiger partial charge in [0.15, 0.2) is 0 Å². The molecule has 0 unspecified atom stereocenters. The molecule has 4 N–H and O–H groups in total. The van der Waals surface area contributed by atoms with Gasteiger partial charge in [0.2, 0.25) is 17.7 Å². The third kappa shape index (κ3) is 6.60. The number of aryl methyl sites for hydroxylation is 1. The minimum atomic E-state index is -1.23. The quantitative estimate of drug-likeness (QED) is 0.313. The molecule has 0 radical (unpaired) electrons. The second kappa shape index (κ2) is 12.0. The van der Waals surface area contributed by atoms with E-state index in [4.69, 9.17) is 0 Å². The lowest BCUT2D eigenvalue weighted by Crippen LogP contribution is -2.50. The van der Waals surface area contributed by atoms with Crippen molar-refractivity contribution < 1.29 is 23.6 Å². The molecule has 1 heterocycles. The fourth-order valence-electron chi connectivity index (χ4n) is 6.11. The smallest absolute Gasteiger partial charge is 0.270 e. The lowest BCUT2D eigenvalue weighted by Gasteiger charge is -2.28. The van der Waals surface area contributed by atoms with Crippen molar-refractivity contribution in [3.8, 4) is 0 Å². The molecule has 3 aliphatic carbocycles. The molecular formula is C30H39FN6O4. The molecule has 41 heavy (non-hydrogen) atoms. The SMILES string of the molecule is CC(=O)N[C@H](CF)C(=O)N[C@@H]1CCc2cc(NC(=O)[C@@H](NC(=O)c3ccnn3C(C)C)C(C3CC3)C3CC3)ccc21. The van der Waals surface area contributed by atoms with Gasteiger partial charge in [0.05, 0.1) is 6.04 Å². The third-order valence-electron chi connectivity index (χ3n) is 8.33. The van der Waals surface area contributed by atoms with Crippen molar-refractivity contribution in [3.63, 3.8) is 0 Å². The topological polar surface area (TPSA) is 134 Å². The fraction of sp³-hybridized carbons (Fsp3) is 0.567. The van der Waals surface area contributed by atoms with Crippen molar-refractivity contribution in [3.05, 3.63) is 47.3 Å².